The maximum absolute atomic E-state index is 4.99. The van der Waals surface area contributed by atoms with E-state index in [4.69, 9.17) is 9.26 Å². The van der Waals surface area contributed by atoms with Crippen LogP contribution in [-0.4, -0.2) is 22.5 Å². The van der Waals surface area contributed by atoms with Gasteiger partial charge in [-0.25, -0.2) is 0 Å². The Bertz CT molecular complexity index is 410. The SMILES string of the molecule is COc1nncc2c(C)noc12. The minimum atomic E-state index is 0.369. The van der Waals surface area contributed by atoms with E-state index in [9.17, 15) is 0 Å². The highest BCUT2D eigenvalue weighted by atomic mass is 16.5. The second-order valence-corrected chi connectivity index (χ2v) is 2.36. The van der Waals surface area contributed by atoms with Crippen LogP contribution in [0.3, 0.4) is 0 Å². The molecule has 0 unspecified atom stereocenters. The molecule has 2 aromatic rings. The van der Waals surface area contributed by atoms with Crippen molar-refractivity contribution in [1.82, 2.24) is 15.4 Å². The van der Waals surface area contributed by atoms with Crippen molar-refractivity contribution in [2.24, 2.45) is 0 Å². The van der Waals surface area contributed by atoms with E-state index in [1.807, 2.05) is 6.92 Å². The second kappa shape index (κ2) is 2.44. The van der Waals surface area contributed by atoms with E-state index >= 15 is 0 Å². The molecular weight excluding hydrogens is 158 g/mol. The van der Waals surface area contributed by atoms with Gasteiger partial charge in [-0.2, -0.15) is 5.10 Å². The molecule has 12 heavy (non-hydrogen) atoms. The standard InChI is InChI=1S/C7H7N3O2/c1-4-5-3-8-9-7(11-2)6(5)12-10-4/h3H,1-2H3. The molecular formula is C7H7N3O2. The molecule has 62 valence electrons. The average molecular weight is 165 g/mol. The van der Waals surface area contributed by atoms with Crippen LogP contribution in [0.5, 0.6) is 5.88 Å². The fourth-order valence-corrected chi connectivity index (χ4v) is 1.00. The van der Waals surface area contributed by atoms with Gasteiger partial charge in [0, 0.05) is 0 Å². The van der Waals surface area contributed by atoms with Crippen LogP contribution in [0.15, 0.2) is 10.7 Å². The van der Waals surface area contributed by atoms with E-state index in [2.05, 4.69) is 15.4 Å². The Kier molecular flexibility index (Phi) is 1.43. The predicted molar refractivity (Wildman–Crippen MR) is 40.9 cm³/mol. The molecule has 2 heterocycles. The lowest BCUT2D eigenvalue weighted by molar-refractivity contribution is 0.374. The monoisotopic (exact) mass is 165 g/mol. The van der Waals surface area contributed by atoms with Gasteiger partial charge in [0.05, 0.1) is 24.4 Å². The van der Waals surface area contributed by atoms with Crippen molar-refractivity contribution in [1.29, 1.82) is 0 Å². The summed E-state index contributed by atoms with van der Waals surface area (Å²) < 4.78 is 9.93. The highest BCUT2D eigenvalue weighted by molar-refractivity contribution is 5.81. The Balaban J connectivity index is 2.81. The fourth-order valence-electron chi connectivity index (χ4n) is 1.00. The van der Waals surface area contributed by atoms with Crippen molar-refractivity contribution in [3.8, 4) is 5.88 Å². The van der Waals surface area contributed by atoms with Crippen LogP contribution in [0.1, 0.15) is 5.69 Å². The molecule has 2 aromatic heterocycles. The van der Waals surface area contributed by atoms with Gasteiger partial charge in [0.2, 0.25) is 5.58 Å². The fraction of sp³-hybridized carbons (Fsp3) is 0.286. The van der Waals surface area contributed by atoms with Gasteiger partial charge in [-0.05, 0) is 6.92 Å². The molecule has 0 radical (unpaired) electrons. The van der Waals surface area contributed by atoms with Crippen molar-refractivity contribution in [2.45, 2.75) is 6.92 Å². The first-order chi connectivity index (χ1) is 5.83. The number of methoxy groups -OCH3 is 1. The van der Waals surface area contributed by atoms with Crippen LogP contribution in [-0.2, 0) is 0 Å². The Morgan fingerprint density at radius 3 is 3.08 bits per heavy atom. The number of hydrogen-bond acceptors (Lipinski definition) is 5. The molecule has 5 heteroatoms. The molecule has 0 fully saturated rings. The third-order valence-electron chi connectivity index (χ3n) is 1.63. The third kappa shape index (κ3) is 0.827. The number of ether oxygens (including phenoxy) is 1. The molecule has 0 aliphatic heterocycles. The number of nitrogens with zero attached hydrogens (tertiary/aromatic N) is 3. The zero-order valence-electron chi connectivity index (χ0n) is 6.74. The van der Waals surface area contributed by atoms with E-state index in [0.29, 0.717) is 11.5 Å². The summed E-state index contributed by atoms with van der Waals surface area (Å²) in [6.07, 6.45) is 1.60. The van der Waals surface area contributed by atoms with Gasteiger partial charge in [0.1, 0.15) is 0 Å². The van der Waals surface area contributed by atoms with Crippen LogP contribution in [0, 0.1) is 6.92 Å². The Morgan fingerprint density at radius 1 is 1.50 bits per heavy atom. The summed E-state index contributed by atoms with van der Waals surface area (Å²) in [4.78, 5) is 0. The van der Waals surface area contributed by atoms with Crippen molar-refractivity contribution in [3.63, 3.8) is 0 Å². The van der Waals surface area contributed by atoms with Gasteiger partial charge in [0.25, 0.3) is 5.88 Å². The summed E-state index contributed by atoms with van der Waals surface area (Å²) in [6.45, 7) is 1.84. The maximum atomic E-state index is 4.99. The highest BCUT2D eigenvalue weighted by Crippen LogP contribution is 2.23. The Hall–Kier alpha value is -1.65. The minimum Gasteiger partial charge on any atom is -0.477 e. The van der Waals surface area contributed by atoms with Gasteiger partial charge in [-0.15, -0.1) is 5.10 Å². The number of aromatic nitrogens is 3. The second-order valence-electron chi connectivity index (χ2n) is 2.36. The molecule has 0 amide bonds. The summed E-state index contributed by atoms with van der Waals surface area (Å²) in [6, 6.07) is 0. The summed E-state index contributed by atoms with van der Waals surface area (Å²) >= 11 is 0. The van der Waals surface area contributed by atoms with Crippen LogP contribution in [0.25, 0.3) is 11.0 Å². The molecule has 2 rings (SSSR count). The van der Waals surface area contributed by atoms with E-state index in [1.165, 1.54) is 7.11 Å². The largest absolute Gasteiger partial charge is 0.477 e. The van der Waals surface area contributed by atoms with E-state index in [-0.39, 0.29) is 0 Å². The molecule has 0 aromatic carbocycles. The first-order valence-corrected chi connectivity index (χ1v) is 3.44. The topological polar surface area (TPSA) is 61.0 Å². The van der Waals surface area contributed by atoms with Crippen LogP contribution in [0.4, 0.5) is 0 Å². The molecule has 0 N–H and O–H groups in total. The quantitative estimate of drug-likeness (QED) is 0.629. The van der Waals surface area contributed by atoms with Gasteiger partial charge in [-0.1, -0.05) is 5.16 Å². The average Bonchev–Trinajstić information content (AvgIpc) is 2.48. The summed E-state index contributed by atoms with van der Waals surface area (Å²) in [7, 11) is 1.52. The van der Waals surface area contributed by atoms with Gasteiger partial charge >= 0.3 is 0 Å². The zero-order valence-corrected chi connectivity index (χ0v) is 6.74. The van der Waals surface area contributed by atoms with Crippen molar-refractivity contribution >= 4 is 11.0 Å². The predicted octanol–water partition coefficient (Wildman–Crippen LogP) is 0.935. The van der Waals surface area contributed by atoms with Crippen molar-refractivity contribution in [2.75, 3.05) is 7.11 Å². The van der Waals surface area contributed by atoms with Crippen LogP contribution >= 0.6 is 0 Å². The number of hydrogen-bond donors (Lipinski definition) is 0. The molecule has 0 atom stereocenters. The molecule has 0 bridgehead atoms. The number of aryl methyl sites for hydroxylation is 1. The normalized spacial score (nSPS) is 10.5. The smallest absolute Gasteiger partial charge is 0.280 e. The maximum Gasteiger partial charge on any atom is 0.280 e. The van der Waals surface area contributed by atoms with Gasteiger partial charge in [-0.3, -0.25) is 0 Å². The lowest BCUT2D eigenvalue weighted by Gasteiger charge is -1.94. The molecule has 0 saturated heterocycles. The highest BCUT2D eigenvalue weighted by Gasteiger charge is 2.10. The third-order valence-corrected chi connectivity index (χ3v) is 1.63. The van der Waals surface area contributed by atoms with E-state index in [0.717, 1.165) is 11.1 Å². The molecule has 0 aliphatic rings. The number of rotatable bonds is 1. The molecule has 5 nitrogen and oxygen atoms in total. The summed E-state index contributed by atoms with van der Waals surface area (Å²) in [5.74, 6) is 0.369. The lowest BCUT2D eigenvalue weighted by Crippen LogP contribution is -1.89. The molecule has 0 aliphatic carbocycles. The molecule has 0 spiro atoms. The number of fused-ring (bicyclic) bond motifs is 1. The minimum absolute atomic E-state index is 0.369. The van der Waals surface area contributed by atoms with E-state index < -0.39 is 0 Å². The summed E-state index contributed by atoms with van der Waals surface area (Å²) in [5.41, 5.74) is 1.34. The van der Waals surface area contributed by atoms with Crippen molar-refractivity contribution in [3.05, 3.63) is 11.9 Å². The van der Waals surface area contributed by atoms with E-state index in [1.54, 1.807) is 6.20 Å². The van der Waals surface area contributed by atoms with Crippen LogP contribution in [0.2, 0.25) is 0 Å². The van der Waals surface area contributed by atoms with Gasteiger partial charge in [0.15, 0.2) is 0 Å². The first kappa shape index (κ1) is 7.02. The zero-order chi connectivity index (χ0) is 8.55. The van der Waals surface area contributed by atoms with Crippen LogP contribution < -0.4 is 4.74 Å². The van der Waals surface area contributed by atoms with Gasteiger partial charge < -0.3 is 9.26 Å². The van der Waals surface area contributed by atoms with Crippen molar-refractivity contribution < 1.29 is 9.26 Å². The summed E-state index contributed by atoms with van der Waals surface area (Å²) in [5, 5.41) is 12.1. The Labute approximate surface area is 68.3 Å². The lowest BCUT2D eigenvalue weighted by atomic mass is 10.3. The molecule has 0 saturated carbocycles. The Morgan fingerprint density at radius 2 is 2.33 bits per heavy atom. The first-order valence-electron chi connectivity index (χ1n) is 3.44.